The van der Waals surface area contributed by atoms with E-state index in [1.807, 2.05) is 22.7 Å². The third-order valence-electron chi connectivity index (χ3n) is 11.0. The average Bonchev–Trinajstić information content (AvgIpc) is 3.87. The Kier molecular flexibility index (Phi) is 8.88. The van der Waals surface area contributed by atoms with E-state index in [1.54, 1.807) is 0 Å². The fourth-order valence-electron chi connectivity index (χ4n) is 8.33. The number of nitrogens with zero attached hydrogens (tertiary/aromatic N) is 3. The van der Waals surface area contributed by atoms with Crippen molar-refractivity contribution in [2.75, 3.05) is 14.7 Å². The quantitative estimate of drug-likeness (QED) is 0.144. The normalized spacial score (nSPS) is 11.4. The van der Waals surface area contributed by atoms with E-state index in [0.717, 1.165) is 51.2 Å². The third kappa shape index (κ3) is 6.38. The minimum Gasteiger partial charge on any atom is -0.310 e. The highest BCUT2D eigenvalue weighted by atomic mass is 32.1. The first kappa shape index (κ1) is 35.0. The number of benzene rings is 9. The van der Waals surface area contributed by atoms with Crippen LogP contribution in [0, 0.1) is 0 Å². The highest BCUT2D eigenvalue weighted by Gasteiger charge is 2.24. The maximum Gasteiger partial charge on any atom is 0.0661 e. The Balaban J connectivity index is 1.21. The summed E-state index contributed by atoms with van der Waals surface area (Å²) in [5.41, 5.74) is 9.98. The molecule has 0 spiro atoms. The molecule has 11 rings (SSSR count). The largest absolute Gasteiger partial charge is 0.310 e. The second-order valence-electron chi connectivity index (χ2n) is 14.6. The number of fused-ring (bicyclic) bond motifs is 6. The van der Waals surface area contributed by atoms with Gasteiger partial charge in [0.1, 0.15) is 0 Å². The summed E-state index contributed by atoms with van der Waals surface area (Å²) in [5, 5.41) is 4.99. The zero-order valence-electron chi connectivity index (χ0n) is 32.0. The van der Waals surface area contributed by atoms with Gasteiger partial charge in [-0.2, -0.15) is 0 Å². The van der Waals surface area contributed by atoms with Crippen LogP contribution in [0.3, 0.4) is 0 Å². The maximum atomic E-state index is 2.46. The highest BCUT2D eigenvalue weighted by Crippen LogP contribution is 2.50. The summed E-state index contributed by atoms with van der Waals surface area (Å²) >= 11 is 3.72. The molecule has 0 aliphatic carbocycles. The van der Waals surface area contributed by atoms with Gasteiger partial charge in [0, 0.05) is 81.1 Å². The van der Waals surface area contributed by atoms with Crippen LogP contribution in [0.2, 0.25) is 0 Å². The minimum atomic E-state index is 1.08. The molecule has 0 saturated heterocycles. The lowest BCUT2D eigenvalue weighted by Gasteiger charge is -2.30. The molecule has 3 nitrogen and oxygen atoms in total. The molecule has 59 heavy (non-hydrogen) atoms. The monoisotopic (exact) mass is 791 g/mol. The van der Waals surface area contributed by atoms with Crippen molar-refractivity contribution >= 4 is 114 Å². The van der Waals surface area contributed by atoms with Gasteiger partial charge in [-0.05, 0) is 115 Å². The van der Waals surface area contributed by atoms with Gasteiger partial charge in [-0.3, -0.25) is 0 Å². The predicted octanol–water partition coefficient (Wildman–Crippen LogP) is 16.8. The second-order valence-corrected chi connectivity index (χ2v) is 16.7. The lowest BCUT2D eigenvalue weighted by Crippen LogP contribution is -2.13. The van der Waals surface area contributed by atoms with Gasteiger partial charge in [-0.15, -0.1) is 22.7 Å². The van der Waals surface area contributed by atoms with Crippen LogP contribution in [0.4, 0.5) is 51.2 Å². The molecule has 0 atom stereocenters. The van der Waals surface area contributed by atoms with Gasteiger partial charge in [-0.25, -0.2) is 0 Å². The topological polar surface area (TPSA) is 9.72 Å². The first-order valence-corrected chi connectivity index (χ1v) is 21.5. The van der Waals surface area contributed by atoms with Crippen LogP contribution in [-0.2, 0) is 0 Å². The number of rotatable bonds is 9. The van der Waals surface area contributed by atoms with E-state index in [0.29, 0.717) is 0 Å². The smallest absolute Gasteiger partial charge is 0.0661 e. The summed E-state index contributed by atoms with van der Waals surface area (Å²) in [6.07, 6.45) is 0. The van der Waals surface area contributed by atoms with Gasteiger partial charge in [0.15, 0.2) is 0 Å². The summed E-state index contributed by atoms with van der Waals surface area (Å²) in [5.74, 6) is 0. The molecular formula is C54H37N3S2. The number of hydrogen-bond acceptors (Lipinski definition) is 5. The number of hydrogen-bond donors (Lipinski definition) is 0. The van der Waals surface area contributed by atoms with Gasteiger partial charge in [0.05, 0.1) is 10.4 Å². The second kappa shape index (κ2) is 15.0. The summed E-state index contributed by atoms with van der Waals surface area (Å²) in [4.78, 5) is 7.20. The van der Waals surface area contributed by atoms with Crippen molar-refractivity contribution < 1.29 is 0 Å². The molecule has 280 valence electrons. The molecule has 0 saturated carbocycles. The Bertz CT molecular complexity index is 3140. The Hall–Kier alpha value is -7.18. The van der Waals surface area contributed by atoms with Gasteiger partial charge in [-0.1, -0.05) is 109 Å². The molecule has 0 bridgehead atoms. The Labute approximate surface area is 351 Å². The van der Waals surface area contributed by atoms with Crippen molar-refractivity contribution in [2.24, 2.45) is 0 Å². The molecule has 0 radical (unpaired) electrons. The van der Waals surface area contributed by atoms with Gasteiger partial charge in [0.25, 0.3) is 0 Å². The first-order valence-electron chi connectivity index (χ1n) is 19.8. The van der Waals surface area contributed by atoms with Crippen LogP contribution in [-0.4, -0.2) is 0 Å². The minimum absolute atomic E-state index is 1.08. The van der Waals surface area contributed by atoms with Crippen LogP contribution in [0.25, 0.3) is 40.3 Å². The van der Waals surface area contributed by atoms with Crippen molar-refractivity contribution in [2.45, 2.75) is 0 Å². The van der Waals surface area contributed by atoms with Crippen LogP contribution in [0.5, 0.6) is 0 Å². The summed E-state index contributed by atoms with van der Waals surface area (Å²) < 4.78 is 5.06. The van der Waals surface area contributed by atoms with Crippen molar-refractivity contribution in [1.29, 1.82) is 0 Å². The lowest BCUT2D eigenvalue weighted by atomic mass is 10.1. The first-order chi connectivity index (χ1) is 29.3. The van der Waals surface area contributed by atoms with Crippen LogP contribution >= 0.6 is 22.7 Å². The Morgan fingerprint density at radius 2 is 0.610 bits per heavy atom. The predicted molar refractivity (Wildman–Crippen MR) is 256 cm³/mol. The van der Waals surface area contributed by atoms with Crippen molar-refractivity contribution in [3.8, 4) is 0 Å². The van der Waals surface area contributed by atoms with E-state index in [-0.39, 0.29) is 0 Å². The van der Waals surface area contributed by atoms with E-state index in [4.69, 9.17) is 0 Å². The van der Waals surface area contributed by atoms with Gasteiger partial charge < -0.3 is 14.7 Å². The molecule has 9 aromatic carbocycles. The SMILES string of the molecule is c1ccc(N(c2ccccc2)c2ccc3sc4c(N(c5ccccc5)c5ccc6sc7ccccc7c6c5)cc(N(c5ccccc5)c5ccccc5)cc4c3c2)cc1. The van der Waals surface area contributed by atoms with Crippen molar-refractivity contribution in [1.82, 2.24) is 0 Å². The molecule has 0 aliphatic rings. The molecule has 0 fully saturated rings. The molecule has 0 N–H and O–H groups in total. The van der Waals surface area contributed by atoms with E-state index in [9.17, 15) is 0 Å². The van der Waals surface area contributed by atoms with E-state index >= 15 is 0 Å². The fourth-order valence-corrected chi connectivity index (χ4v) is 10.6. The number of thiophene rings is 2. The molecule has 0 unspecified atom stereocenters. The zero-order valence-corrected chi connectivity index (χ0v) is 33.7. The molecule has 5 heteroatoms. The third-order valence-corrected chi connectivity index (χ3v) is 13.3. The molecule has 11 aromatic rings. The molecule has 0 aliphatic heterocycles. The molecule has 0 amide bonds. The van der Waals surface area contributed by atoms with Crippen molar-refractivity contribution in [3.63, 3.8) is 0 Å². The van der Waals surface area contributed by atoms with E-state index in [1.165, 1.54) is 40.3 Å². The van der Waals surface area contributed by atoms with Gasteiger partial charge in [0.2, 0.25) is 0 Å². The van der Waals surface area contributed by atoms with E-state index < -0.39 is 0 Å². The van der Waals surface area contributed by atoms with Gasteiger partial charge >= 0.3 is 0 Å². The number of para-hydroxylation sites is 5. The highest BCUT2D eigenvalue weighted by molar-refractivity contribution is 7.26. The van der Waals surface area contributed by atoms with Crippen LogP contribution < -0.4 is 14.7 Å². The molecular weight excluding hydrogens is 755 g/mol. The number of anilines is 9. The van der Waals surface area contributed by atoms with Crippen molar-refractivity contribution in [3.05, 3.63) is 224 Å². The summed E-state index contributed by atoms with van der Waals surface area (Å²) in [7, 11) is 0. The summed E-state index contributed by atoms with van der Waals surface area (Å²) in [6, 6.07) is 81.1. The molecule has 2 aromatic heterocycles. The summed E-state index contributed by atoms with van der Waals surface area (Å²) in [6.45, 7) is 0. The van der Waals surface area contributed by atoms with E-state index in [2.05, 4.69) is 239 Å². The average molecular weight is 792 g/mol. The lowest BCUT2D eigenvalue weighted by molar-refractivity contribution is 1.27. The van der Waals surface area contributed by atoms with Crippen LogP contribution in [0.15, 0.2) is 224 Å². The Morgan fingerprint density at radius 1 is 0.237 bits per heavy atom. The van der Waals surface area contributed by atoms with Crippen LogP contribution in [0.1, 0.15) is 0 Å². The zero-order chi connectivity index (χ0) is 39.1. The molecule has 2 heterocycles. The standard InChI is InChI=1S/C54H37N3S2/c1-6-18-38(19-7-1)55(39-20-8-2-9-21-39)43-30-33-53-48(34-43)49-36-45(56(40-22-10-3-11-23-40)41-24-12-4-13-25-41)37-50(54(49)59-53)57(42-26-14-5-15-27-42)44-31-32-52-47(35-44)46-28-16-17-29-51(46)58-52/h1-37H. The Morgan fingerprint density at radius 3 is 1.14 bits per heavy atom. The maximum absolute atomic E-state index is 2.46. The fraction of sp³-hybridized carbons (Fsp3) is 0.